The van der Waals surface area contributed by atoms with Crippen molar-refractivity contribution >= 4 is 0 Å². The van der Waals surface area contributed by atoms with E-state index >= 15 is 0 Å². The van der Waals surface area contributed by atoms with E-state index in [-0.39, 0.29) is 6.17 Å². The number of nitrogens with two attached hydrogens (primary N) is 2. The van der Waals surface area contributed by atoms with Crippen LogP contribution in [0, 0.1) is 5.92 Å². The molecule has 0 rings (SSSR count). The van der Waals surface area contributed by atoms with Gasteiger partial charge in [-0.25, -0.2) is 0 Å². The maximum absolute atomic E-state index is 5.48. The van der Waals surface area contributed by atoms with E-state index < -0.39 is 0 Å². The van der Waals surface area contributed by atoms with Crippen LogP contribution in [-0.2, 0) is 0 Å². The normalized spacial score (nSPS) is 11.6. The molecular formula is C13H30N2. The van der Waals surface area contributed by atoms with Gasteiger partial charge in [0.1, 0.15) is 0 Å². The minimum atomic E-state index is -0.101. The van der Waals surface area contributed by atoms with E-state index in [1.54, 1.807) is 0 Å². The highest BCUT2D eigenvalue weighted by molar-refractivity contribution is 4.53. The van der Waals surface area contributed by atoms with Gasteiger partial charge < -0.3 is 11.5 Å². The monoisotopic (exact) mass is 214 g/mol. The molecule has 0 aliphatic heterocycles. The van der Waals surface area contributed by atoms with Crippen LogP contribution in [0.2, 0.25) is 0 Å². The molecule has 0 radical (unpaired) electrons. The second-order valence-electron chi connectivity index (χ2n) is 5.11. The molecule has 92 valence electrons. The molecule has 0 aliphatic carbocycles. The summed E-state index contributed by atoms with van der Waals surface area (Å²) in [6.45, 7) is 4.60. The Bertz CT molecular complexity index is 108. The fourth-order valence-corrected chi connectivity index (χ4v) is 1.82. The molecule has 0 spiro atoms. The van der Waals surface area contributed by atoms with Crippen LogP contribution < -0.4 is 11.5 Å². The predicted molar refractivity (Wildman–Crippen MR) is 68.6 cm³/mol. The average Bonchev–Trinajstić information content (AvgIpc) is 2.14. The van der Waals surface area contributed by atoms with Gasteiger partial charge in [0.15, 0.2) is 0 Å². The van der Waals surface area contributed by atoms with Crippen molar-refractivity contribution in [3.05, 3.63) is 0 Å². The van der Waals surface area contributed by atoms with Gasteiger partial charge >= 0.3 is 0 Å². The van der Waals surface area contributed by atoms with Gasteiger partial charge in [-0.1, -0.05) is 65.2 Å². The summed E-state index contributed by atoms with van der Waals surface area (Å²) in [5.74, 6) is 0.871. The maximum Gasteiger partial charge on any atom is 0.0520 e. The molecule has 4 N–H and O–H groups in total. The summed E-state index contributed by atoms with van der Waals surface area (Å²) in [6.07, 6.45) is 11.7. The summed E-state index contributed by atoms with van der Waals surface area (Å²) >= 11 is 0. The minimum Gasteiger partial charge on any atom is -0.316 e. The predicted octanol–water partition coefficient (Wildman–Crippen LogP) is 3.40. The molecule has 0 aromatic carbocycles. The zero-order valence-electron chi connectivity index (χ0n) is 10.7. The fraction of sp³-hybridized carbons (Fsp3) is 1.00. The Hall–Kier alpha value is -0.0800. The van der Waals surface area contributed by atoms with Crippen LogP contribution in [0.15, 0.2) is 0 Å². The zero-order valence-corrected chi connectivity index (χ0v) is 10.7. The Kier molecular flexibility index (Phi) is 10.4. The van der Waals surface area contributed by atoms with Crippen molar-refractivity contribution in [1.82, 2.24) is 0 Å². The lowest BCUT2D eigenvalue weighted by Gasteiger charge is -2.05. The Morgan fingerprint density at radius 3 is 1.47 bits per heavy atom. The summed E-state index contributed by atoms with van der Waals surface area (Å²) in [4.78, 5) is 0. The lowest BCUT2D eigenvalue weighted by atomic mass is 10.0. The summed E-state index contributed by atoms with van der Waals surface area (Å²) in [5, 5.41) is 0. The lowest BCUT2D eigenvalue weighted by molar-refractivity contribution is 0.501. The van der Waals surface area contributed by atoms with Crippen molar-refractivity contribution in [2.45, 2.75) is 77.8 Å². The standard InChI is InChI=1S/C13H30N2/c1-12(2)10-8-6-4-3-5-7-9-11-13(14)15/h12-13H,3-11,14-15H2,1-2H3. The van der Waals surface area contributed by atoms with Crippen molar-refractivity contribution in [3.63, 3.8) is 0 Å². The largest absolute Gasteiger partial charge is 0.316 e. The summed E-state index contributed by atoms with van der Waals surface area (Å²) in [5.41, 5.74) is 11.0. The topological polar surface area (TPSA) is 52.0 Å². The molecule has 0 fully saturated rings. The highest BCUT2D eigenvalue weighted by Gasteiger charge is 1.96. The molecular weight excluding hydrogens is 184 g/mol. The molecule has 0 saturated carbocycles. The molecule has 0 aromatic rings. The van der Waals surface area contributed by atoms with Crippen LogP contribution in [0.4, 0.5) is 0 Å². The van der Waals surface area contributed by atoms with Gasteiger partial charge in [0, 0.05) is 0 Å². The highest BCUT2D eigenvalue weighted by atomic mass is 14.8. The Labute approximate surface area is 95.8 Å². The minimum absolute atomic E-state index is 0.101. The van der Waals surface area contributed by atoms with Crippen molar-refractivity contribution in [1.29, 1.82) is 0 Å². The number of unbranched alkanes of at least 4 members (excludes halogenated alkanes) is 6. The van der Waals surface area contributed by atoms with Crippen LogP contribution in [-0.4, -0.2) is 6.17 Å². The van der Waals surface area contributed by atoms with Crippen molar-refractivity contribution in [2.24, 2.45) is 17.4 Å². The van der Waals surface area contributed by atoms with Crippen molar-refractivity contribution < 1.29 is 0 Å². The quantitative estimate of drug-likeness (QED) is 0.432. The number of hydrogen-bond donors (Lipinski definition) is 2. The first-order chi connectivity index (χ1) is 7.13. The summed E-state index contributed by atoms with van der Waals surface area (Å²) in [7, 11) is 0. The maximum atomic E-state index is 5.48. The fourth-order valence-electron chi connectivity index (χ4n) is 1.82. The van der Waals surface area contributed by atoms with Crippen LogP contribution >= 0.6 is 0 Å². The Morgan fingerprint density at radius 1 is 0.667 bits per heavy atom. The molecule has 15 heavy (non-hydrogen) atoms. The molecule has 0 aliphatic rings. The van der Waals surface area contributed by atoms with E-state index in [1.165, 1.54) is 51.4 Å². The third kappa shape index (κ3) is 13.9. The average molecular weight is 214 g/mol. The molecule has 2 heteroatoms. The van der Waals surface area contributed by atoms with Crippen LogP contribution in [0.25, 0.3) is 0 Å². The van der Waals surface area contributed by atoms with E-state index in [0.29, 0.717) is 0 Å². The molecule has 0 atom stereocenters. The zero-order chi connectivity index (χ0) is 11.5. The first-order valence-electron chi connectivity index (χ1n) is 6.64. The first-order valence-corrected chi connectivity index (χ1v) is 6.64. The molecule has 0 saturated heterocycles. The van der Waals surface area contributed by atoms with E-state index in [2.05, 4.69) is 13.8 Å². The second-order valence-corrected chi connectivity index (χ2v) is 5.11. The highest BCUT2D eigenvalue weighted by Crippen LogP contribution is 2.12. The third-order valence-electron chi connectivity index (χ3n) is 2.82. The van der Waals surface area contributed by atoms with E-state index in [0.717, 1.165) is 12.3 Å². The van der Waals surface area contributed by atoms with Crippen LogP contribution in [0.1, 0.15) is 71.6 Å². The smallest absolute Gasteiger partial charge is 0.0520 e. The van der Waals surface area contributed by atoms with Gasteiger partial charge in [-0.2, -0.15) is 0 Å². The Balaban J connectivity index is 2.93. The summed E-state index contributed by atoms with van der Waals surface area (Å²) < 4.78 is 0. The second kappa shape index (κ2) is 10.4. The lowest BCUT2D eigenvalue weighted by Crippen LogP contribution is -2.29. The molecule has 0 bridgehead atoms. The van der Waals surface area contributed by atoms with Crippen LogP contribution in [0.3, 0.4) is 0 Å². The van der Waals surface area contributed by atoms with Crippen molar-refractivity contribution in [3.8, 4) is 0 Å². The SMILES string of the molecule is CC(C)CCCCCCCCCC(N)N. The van der Waals surface area contributed by atoms with Gasteiger partial charge in [-0.15, -0.1) is 0 Å². The van der Waals surface area contributed by atoms with Gasteiger partial charge in [0.2, 0.25) is 0 Å². The first kappa shape index (κ1) is 14.9. The van der Waals surface area contributed by atoms with E-state index in [9.17, 15) is 0 Å². The van der Waals surface area contributed by atoms with Crippen molar-refractivity contribution in [2.75, 3.05) is 0 Å². The van der Waals surface area contributed by atoms with E-state index in [1.807, 2.05) is 0 Å². The van der Waals surface area contributed by atoms with E-state index in [4.69, 9.17) is 11.5 Å². The van der Waals surface area contributed by atoms with Gasteiger partial charge in [0.25, 0.3) is 0 Å². The van der Waals surface area contributed by atoms with Crippen LogP contribution in [0.5, 0.6) is 0 Å². The van der Waals surface area contributed by atoms with Gasteiger partial charge in [-0.3, -0.25) is 0 Å². The Morgan fingerprint density at radius 2 is 1.07 bits per heavy atom. The molecule has 0 amide bonds. The molecule has 0 heterocycles. The molecule has 0 aromatic heterocycles. The van der Waals surface area contributed by atoms with Gasteiger partial charge in [0.05, 0.1) is 6.17 Å². The number of hydrogen-bond acceptors (Lipinski definition) is 2. The molecule has 0 unspecified atom stereocenters. The number of rotatable bonds is 10. The molecule has 2 nitrogen and oxygen atoms in total. The summed E-state index contributed by atoms with van der Waals surface area (Å²) in [6, 6.07) is 0. The third-order valence-corrected chi connectivity index (χ3v) is 2.82. The van der Waals surface area contributed by atoms with Gasteiger partial charge in [-0.05, 0) is 12.3 Å².